The second-order valence-corrected chi connectivity index (χ2v) is 12.6. The first-order valence-corrected chi connectivity index (χ1v) is 17.1. The maximum atomic E-state index is 9.62. The number of fused-ring (bicyclic) bond motifs is 3. The van der Waals surface area contributed by atoms with E-state index in [0.29, 0.717) is 28.6 Å². The van der Waals surface area contributed by atoms with Gasteiger partial charge in [0.2, 0.25) is 0 Å². The van der Waals surface area contributed by atoms with Gasteiger partial charge in [0.1, 0.15) is 0 Å². The van der Waals surface area contributed by atoms with Crippen LogP contribution in [0.2, 0.25) is 0 Å². The minimum atomic E-state index is 0.453. The molecule has 0 amide bonds. The number of aromatic nitrogens is 5. The van der Waals surface area contributed by atoms with E-state index in [4.69, 9.17) is 15.0 Å². The van der Waals surface area contributed by atoms with Crippen molar-refractivity contribution in [2.24, 2.45) is 0 Å². The molecule has 6 aromatic carbocycles. The average Bonchev–Trinajstić information content (AvgIpc) is 3.57. The van der Waals surface area contributed by atoms with Crippen molar-refractivity contribution in [3.63, 3.8) is 0 Å². The Kier molecular flexibility index (Phi) is 7.78. The minimum absolute atomic E-state index is 0.453. The molecule has 0 saturated carbocycles. The van der Waals surface area contributed by atoms with E-state index in [0.717, 1.165) is 66.4 Å². The van der Waals surface area contributed by atoms with Gasteiger partial charge in [0, 0.05) is 51.1 Å². The summed E-state index contributed by atoms with van der Waals surface area (Å²) in [6, 6.07) is 54.6. The first kappa shape index (κ1) is 31.3. The lowest BCUT2D eigenvalue weighted by Crippen LogP contribution is -2.02. The van der Waals surface area contributed by atoms with Gasteiger partial charge in [-0.2, -0.15) is 10.5 Å². The summed E-state index contributed by atoms with van der Waals surface area (Å²) < 4.78 is 2.27. The summed E-state index contributed by atoms with van der Waals surface area (Å²) in [6.45, 7) is 0. The quantitative estimate of drug-likeness (QED) is 0.173. The van der Waals surface area contributed by atoms with Crippen molar-refractivity contribution in [2.45, 2.75) is 0 Å². The van der Waals surface area contributed by atoms with Crippen LogP contribution in [0.5, 0.6) is 0 Å². The zero-order chi connectivity index (χ0) is 35.7. The highest BCUT2D eigenvalue weighted by molar-refractivity contribution is 6.10. The van der Waals surface area contributed by atoms with Gasteiger partial charge >= 0.3 is 0 Å². The topological polar surface area (TPSA) is 104 Å². The van der Waals surface area contributed by atoms with E-state index in [-0.39, 0.29) is 0 Å². The number of rotatable bonds is 6. The molecule has 0 unspecified atom stereocenters. The van der Waals surface area contributed by atoms with Crippen LogP contribution in [0.1, 0.15) is 11.1 Å². The molecule has 7 heteroatoms. The third-order valence-corrected chi connectivity index (χ3v) is 9.37. The number of nitrogens with zero attached hydrogens (tertiary/aromatic N) is 7. The molecule has 0 saturated heterocycles. The van der Waals surface area contributed by atoms with E-state index in [1.165, 1.54) is 0 Å². The molecule has 0 atom stereocenters. The highest BCUT2D eigenvalue weighted by atomic mass is 15.0. The fourth-order valence-electron chi connectivity index (χ4n) is 6.91. The van der Waals surface area contributed by atoms with Gasteiger partial charge in [0.25, 0.3) is 0 Å². The number of nitriles is 2. The van der Waals surface area contributed by atoms with Crippen LogP contribution in [0.25, 0.3) is 83.9 Å². The Labute approximate surface area is 305 Å². The standard InChI is InChI=1S/C46H27N7/c47-27-30-22-31(28-48)24-36(23-30)34-17-20-43-41(25-34)38-15-7-8-16-42(38)53(43)37-18-19-39(40(26-37)35-14-9-21-49-29-35)46-51-44(32-10-3-1-4-11-32)50-45(52-46)33-12-5-2-6-13-33/h1-26,29H. The molecule has 0 radical (unpaired) electrons. The van der Waals surface area contributed by atoms with Crippen LogP contribution in [0.4, 0.5) is 0 Å². The monoisotopic (exact) mass is 677 g/mol. The summed E-state index contributed by atoms with van der Waals surface area (Å²) in [6.07, 6.45) is 3.64. The molecule has 9 aromatic rings. The van der Waals surface area contributed by atoms with Crippen molar-refractivity contribution in [1.29, 1.82) is 10.5 Å². The lowest BCUT2D eigenvalue weighted by atomic mass is 9.98. The van der Waals surface area contributed by atoms with Crippen molar-refractivity contribution in [2.75, 3.05) is 0 Å². The zero-order valence-electron chi connectivity index (χ0n) is 28.2. The number of para-hydroxylation sites is 1. The van der Waals surface area contributed by atoms with Gasteiger partial charge in [-0.3, -0.25) is 4.98 Å². The predicted molar refractivity (Wildman–Crippen MR) is 209 cm³/mol. The smallest absolute Gasteiger partial charge is 0.164 e. The Morgan fingerprint density at radius 1 is 0.434 bits per heavy atom. The lowest BCUT2D eigenvalue weighted by molar-refractivity contribution is 1.07. The molecule has 0 spiro atoms. The summed E-state index contributed by atoms with van der Waals surface area (Å²) in [7, 11) is 0. The molecule has 0 aliphatic carbocycles. The van der Waals surface area contributed by atoms with Crippen LogP contribution in [0, 0.1) is 22.7 Å². The maximum Gasteiger partial charge on any atom is 0.164 e. The second kappa shape index (κ2) is 13.2. The zero-order valence-corrected chi connectivity index (χ0v) is 28.2. The van der Waals surface area contributed by atoms with Crippen LogP contribution in [0.15, 0.2) is 164 Å². The lowest BCUT2D eigenvalue weighted by Gasteiger charge is -2.15. The molecule has 9 rings (SSSR count). The van der Waals surface area contributed by atoms with Crippen molar-refractivity contribution in [3.8, 4) is 74.2 Å². The van der Waals surface area contributed by atoms with Gasteiger partial charge in [0.05, 0.1) is 34.3 Å². The fraction of sp³-hybridized carbons (Fsp3) is 0. The third-order valence-electron chi connectivity index (χ3n) is 9.37. The van der Waals surface area contributed by atoms with Gasteiger partial charge in [0.15, 0.2) is 17.5 Å². The summed E-state index contributed by atoms with van der Waals surface area (Å²) in [5.74, 6) is 1.75. The first-order valence-electron chi connectivity index (χ1n) is 17.1. The van der Waals surface area contributed by atoms with Gasteiger partial charge in [-0.15, -0.1) is 0 Å². The van der Waals surface area contributed by atoms with Crippen LogP contribution >= 0.6 is 0 Å². The van der Waals surface area contributed by atoms with E-state index >= 15 is 0 Å². The molecule has 0 fully saturated rings. The highest BCUT2D eigenvalue weighted by Crippen LogP contribution is 2.39. The van der Waals surface area contributed by atoms with E-state index in [1.807, 2.05) is 103 Å². The maximum absolute atomic E-state index is 9.62. The van der Waals surface area contributed by atoms with E-state index in [9.17, 15) is 10.5 Å². The van der Waals surface area contributed by atoms with Gasteiger partial charge in [-0.05, 0) is 77.4 Å². The van der Waals surface area contributed by atoms with Crippen molar-refractivity contribution in [1.82, 2.24) is 24.5 Å². The largest absolute Gasteiger partial charge is 0.309 e. The van der Waals surface area contributed by atoms with Crippen LogP contribution < -0.4 is 0 Å². The molecule has 7 nitrogen and oxygen atoms in total. The molecule has 53 heavy (non-hydrogen) atoms. The van der Waals surface area contributed by atoms with Gasteiger partial charge < -0.3 is 4.57 Å². The minimum Gasteiger partial charge on any atom is -0.309 e. The number of benzene rings is 6. The molecule has 246 valence electrons. The average molecular weight is 678 g/mol. The van der Waals surface area contributed by atoms with E-state index < -0.39 is 0 Å². The number of hydrogen-bond acceptors (Lipinski definition) is 6. The molecular weight excluding hydrogens is 651 g/mol. The van der Waals surface area contributed by atoms with Crippen molar-refractivity contribution < 1.29 is 0 Å². The predicted octanol–water partition coefficient (Wildman–Crippen LogP) is 10.4. The number of pyridine rings is 1. The first-order chi connectivity index (χ1) is 26.2. The molecular formula is C46H27N7. The van der Waals surface area contributed by atoms with Crippen LogP contribution in [0.3, 0.4) is 0 Å². The second-order valence-electron chi connectivity index (χ2n) is 12.6. The van der Waals surface area contributed by atoms with E-state index in [1.54, 1.807) is 12.3 Å². The Hall–Kier alpha value is -7.74. The fourth-order valence-corrected chi connectivity index (χ4v) is 6.91. The Bertz CT molecular complexity index is 2810. The molecule has 3 aromatic heterocycles. The highest BCUT2D eigenvalue weighted by Gasteiger charge is 2.19. The number of hydrogen-bond donors (Lipinski definition) is 0. The molecule has 0 aliphatic heterocycles. The summed E-state index contributed by atoms with van der Waals surface area (Å²) in [4.78, 5) is 19.5. The van der Waals surface area contributed by atoms with Gasteiger partial charge in [-0.25, -0.2) is 15.0 Å². The molecule has 0 bridgehead atoms. The van der Waals surface area contributed by atoms with Crippen LogP contribution in [-0.2, 0) is 0 Å². The Balaban J connectivity index is 1.26. The SMILES string of the molecule is N#Cc1cc(C#N)cc(-c2ccc3c(c2)c2ccccc2n3-c2ccc(-c3nc(-c4ccccc4)nc(-c4ccccc4)n3)c(-c3cccnc3)c2)c1. The Morgan fingerprint density at radius 2 is 1.06 bits per heavy atom. The van der Waals surface area contributed by atoms with E-state index in [2.05, 4.69) is 70.2 Å². The normalized spacial score (nSPS) is 11.0. The summed E-state index contributed by atoms with van der Waals surface area (Å²) >= 11 is 0. The summed E-state index contributed by atoms with van der Waals surface area (Å²) in [5.41, 5.74) is 10.2. The summed E-state index contributed by atoms with van der Waals surface area (Å²) in [5, 5.41) is 21.4. The molecule has 0 N–H and O–H groups in total. The Morgan fingerprint density at radius 3 is 1.72 bits per heavy atom. The molecule has 0 aliphatic rings. The van der Waals surface area contributed by atoms with Gasteiger partial charge in [-0.1, -0.05) is 91.0 Å². The van der Waals surface area contributed by atoms with Crippen LogP contribution in [-0.4, -0.2) is 24.5 Å². The van der Waals surface area contributed by atoms with Crippen molar-refractivity contribution in [3.05, 3.63) is 175 Å². The third kappa shape index (κ3) is 5.75. The molecule has 3 heterocycles. The van der Waals surface area contributed by atoms with Crippen molar-refractivity contribution >= 4 is 21.8 Å².